The second-order valence-electron chi connectivity index (χ2n) is 5.42. The van der Waals surface area contributed by atoms with Crippen molar-refractivity contribution < 1.29 is 0 Å². The first kappa shape index (κ1) is 15.9. The van der Waals surface area contributed by atoms with Crippen LogP contribution in [0.15, 0.2) is 29.0 Å². The summed E-state index contributed by atoms with van der Waals surface area (Å²) in [6, 6.07) is 3.87. The van der Waals surface area contributed by atoms with E-state index in [1.807, 2.05) is 12.1 Å². The molecule has 1 N–H and O–H groups in total. The van der Waals surface area contributed by atoms with E-state index in [0.29, 0.717) is 5.92 Å². The fourth-order valence-electron chi connectivity index (χ4n) is 2.01. The average molecular weight is 349 g/mol. The molecular weight excluding hydrogens is 328 g/mol. The molecule has 5 heteroatoms. The molecule has 0 aromatic carbocycles. The Labute approximate surface area is 134 Å². The number of rotatable bonds is 6. The Kier molecular flexibility index (Phi) is 5.67. The van der Waals surface area contributed by atoms with Crippen LogP contribution in [0.25, 0.3) is 11.4 Å². The first-order chi connectivity index (χ1) is 10.1. The van der Waals surface area contributed by atoms with Gasteiger partial charge in [0.15, 0.2) is 5.82 Å². The van der Waals surface area contributed by atoms with E-state index >= 15 is 0 Å². The minimum Gasteiger partial charge on any atom is -0.369 e. The van der Waals surface area contributed by atoms with E-state index in [2.05, 4.69) is 52.0 Å². The zero-order chi connectivity index (χ0) is 15.2. The first-order valence-electron chi connectivity index (χ1n) is 7.32. The highest BCUT2D eigenvalue weighted by Crippen LogP contribution is 2.28. The van der Waals surface area contributed by atoms with Crippen molar-refractivity contribution in [1.29, 1.82) is 0 Å². The third-order valence-corrected chi connectivity index (χ3v) is 3.84. The topological polar surface area (TPSA) is 50.7 Å². The molecule has 0 aliphatic heterocycles. The lowest BCUT2D eigenvalue weighted by Gasteiger charge is -2.14. The SMILES string of the molecule is CCCNc1nc(-c2ccncc2)nc(CC(C)C)c1Br. The largest absolute Gasteiger partial charge is 0.369 e. The molecule has 0 aliphatic rings. The van der Waals surface area contributed by atoms with Crippen LogP contribution in [0.5, 0.6) is 0 Å². The molecule has 0 amide bonds. The zero-order valence-electron chi connectivity index (χ0n) is 12.7. The number of hydrogen-bond acceptors (Lipinski definition) is 4. The Morgan fingerprint density at radius 1 is 1.19 bits per heavy atom. The van der Waals surface area contributed by atoms with Crippen LogP contribution in [0.1, 0.15) is 32.9 Å². The van der Waals surface area contributed by atoms with Gasteiger partial charge in [-0.1, -0.05) is 20.8 Å². The molecule has 2 aromatic heterocycles. The molecule has 2 aromatic rings. The first-order valence-corrected chi connectivity index (χ1v) is 8.11. The summed E-state index contributed by atoms with van der Waals surface area (Å²) in [5, 5.41) is 3.37. The highest BCUT2D eigenvalue weighted by Gasteiger charge is 2.14. The summed E-state index contributed by atoms with van der Waals surface area (Å²) < 4.78 is 0.974. The lowest BCUT2D eigenvalue weighted by molar-refractivity contribution is 0.632. The highest BCUT2D eigenvalue weighted by molar-refractivity contribution is 9.10. The standard InChI is InChI=1S/C16H21BrN4/c1-4-7-19-16-14(17)13(10-11(2)3)20-15(21-16)12-5-8-18-9-6-12/h5-6,8-9,11H,4,7,10H2,1-3H3,(H,19,20,21). The van der Waals surface area contributed by atoms with Crippen molar-refractivity contribution in [2.24, 2.45) is 5.92 Å². The van der Waals surface area contributed by atoms with Gasteiger partial charge in [-0.2, -0.15) is 0 Å². The highest BCUT2D eigenvalue weighted by atomic mass is 79.9. The van der Waals surface area contributed by atoms with E-state index in [4.69, 9.17) is 4.98 Å². The summed E-state index contributed by atoms with van der Waals surface area (Å²) in [6.45, 7) is 7.42. The Morgan fingerprint density at radius 2 is 1.90 bits per heavy atom. The van der Waals surface area contributed by atoms with E-state index in [1.54, 1.807) is 12.4 Å². The van der Waals surface area contributed by atoms with Crippen LogP contribution in [-0.2, 0) is 6.42 Å². The summed E-state index contributed by atoms with van der Waals surface area (Å²) >= 11 is 3.65. The van der Waals surface area contributed by atoms with Gasteiger partial charge in [-0.15, -0.1) is 0 Å². The van der Waals surface area contributed by atoms with Crippen molar-refractivity contribution in [2.45, 2.75) is 33.6 Å². The fourth-order valence-corrected chi connectivity index (χ4v) is 2.49. The summed E-state index contributed by atoms with van der Waals surface area (Å²) in [4.78, 5) is 13.4. The number of anilines is 1. The Balaban J connectivity index is 2.45. The molecule has 2 rings (SSSR count). The van der Waals surface area contributed by atoms with E-state index in [1.165, 1.54) is 0 Å². The molecule has 112 valence electrons. The number of hydrogen-bond donors (Lipinski definition) is 1. The second kappa shape index (κ2) is 7.50. The van der Waals surface area contributed by atoms with Gasteiger partial charge in [-0.25, -0.2) is 9.97 Å². The molecule has 0 spiro atoms. The van der Waals surface area contributed by atoms with Crippen LogP contribution >= 0.6 is 15.9 Å². The number of nitrogens with one attached hydrogen (secondary N) is 1. The smallest absolute Gasteiger partial charge is 0.161 e. The van der Waals surface area contributed by atoms with Gasteiger partial charge in [0.1, 0.15) is 5.82 Å². The lowest BCUT2D eigenvalue weighted by atomic mass is 10.1. The van der Waals surface area contributed by atoms with Crippen molar-refractivity contribution in [1.82, 2.24) is 15.0 Å². The molecule has 4 nitrogen and oxygen atoms in total. The normalized spacial score (nSPS) is 10.9. The lowest BCUT2D eigenvalue weighted by Crippen LogP contribution is -2.09. The Morgan fingerprint density at radius 3 is 2.52 bits per heavy atom. The number of halogens is 1. The van der Waals surface area contributed by atoms with Crippen LogP contribution in [0.4, 0.5) is 5.82 Å². The fraction of sp³-hybridized carbons (Fsp3) is 0.438. The molecule has 0 radical (unpaired) electrons. The monoisotopic (exact) mass is 348 g/mol. The van der Waals surface area contributed by atoms with Gasteiger partial charge >= 0.3 is 0 Å². The van der Waals surface area contributed by atoms with E-state index in [-0.39, 0.29) is 0 Å². The van der Waals surface area contributed by atoms with E-state index in [9.17, 15) is 0 Å². The summed E-state index contributed by atoms with van der Waals surface area (Å²) in [5.41, 5.74) is 2.03. The van der Waals surface area contributed by atoms with Gasteiger partial charge in [0.2, 0.25) is 0 Å². The minimum atomic E-state index is 0.542. The molecule has 0 atom stereocenters. The Bertz CT molecular complexity index is 584. The summed E-state index contributed by atoms with van der Waals surface area (Å²) in [7, 11) is 0. The predicted molar refractivity (Wildman–Crippen MR) is 90.3 cm³/mol. The van der Waals surface area contributed by atoms with E-state index in [0.717, 1.165) is 46.8 Å². The van der Waals surface area contributed by atoms with Crippen LogP contribution in [0, 0.1) is 5.92 Å². The zero-order valence-corrected chi connectivity index (χ0v) is 14.3. The van der Waals surface area contributed by atoms with Crippen molar-refractivity contribution in [3.05, 3.63) is 34.7 Å². The van der Waals surface area contributed by atoms with Crippen molar-refractivity contribution in [3.63, 3.8) is 0 Å². The quantitative estimate of drug-likeness (QED) is 0.844. The van der Waals surface area contributed by atoms with Gasteiger partial charge in [0, 0.05) is 24.5 Å². The number of aromatic nitrogens is 3. The number of nitrogens with zero attached hydrogens (tertiary/aromatic N) is 3. The molecule has 0 aliphatic carbocycles. The molecular formula is C16H21BrN4. The summed E-state index contributed by atoms with van der Waals surface area (Å²) in [6.07, 6.45) is 5.51. The predicted octanol–water partition coefficient (Wildman–Crippen LogP) is 4.32. The maximum Gasteiger partial charge on any atom is 0.161 e. The molecule has 0 fully saturated rings. The number of pyridine rings is 1. The minimum absolute atomic E-state index is 0.542. The van der Waals surface area contributed by atoms with Crippen LogP contribution in [0.3, 0.4) is 0 Å². The van der Waals surface area contributed by atoms with Crippen LogP contribution < -0.4 is 5.32 Å². The molecule has 0 saturated carbocycles. The third kappa shape index (κ3) is 4.24. The molecule has 0 saturated heterocycles. The van der Waals surface area contributed by atoms with Crippen LogP contribution in [0.2, 0.25) is 0 Å². The second-order valence-corrected chi connectivity index (χ2v) is 6.21. The Hall–Kier alpha value is -1.49. The van der Waals surface area contributed by atoms with Crippen LogP contribution in [-0.4, -0.2) is 21.5 Å². The van der Waals surface area contributed by atoms with Gasteiger partial charge < -0.3 is 5.32 Å². The molecule has 21 heavy (non-hydrogen) atoms. The average Bonchev–Trinajstić information content (AvgIpc) is 2.48. The van der Waals surface area contributed by atoms with E-state index < -0.39 is 0 Å². The molecule has 0 bridgehead atoms. The summed E-state index contributed by atoms with van der Waals surface area (Å²) in [5.74, 6) is 2.16. The maximum absolute atomic E-state index is 4.73. The van der Waals surface area contributed by atoms with Crippen molar-refractivity contribution >= 4 is 21.7 Å². The molecule has 2 heterocycles. The van der Waals surface area contributed by atoms with Gasteiger partial charge in [0.05, 0.1) is 10.2 Å². The van der Waals surface area contributed by atoms with Crippen molar-refractivity contribution in [3.8, 4) is 11.4 Å². The van der Waals surface area contributed by atoms with Gasteiger partial charge in [0.25, 0.3) is 0 Å². The van der Waals surface area contributed by atoms with Gasteiger partial charge in [-0.05, 0) is 46.8 Å². The third-order valence-electron chi connectivity index (χ3n) is 3.00. The van der Waals surface area contributed by atoms with Crippen molar-refractivity contribution in [2.75, 3.05) is 11.9 Å². The van der Waals surface area contributed by atoms with Gasteiger partial charge in [-0.3, -0.25) is 4.98 Å². The molecule has 0 unspecified atom stereocenters. The maximum atomic E-state index is 4.73.